The van der Waals surface area contributed by atoms with E-state index < -0.39 is 18.0 Å². The summed E-state index contributed by atoms with van der Waals surface area (Å²) in [6.45, 7) is 0. The van der Waals surface area contributed by atoms with Gasteiger partial charge in [0.15, 0.2) is 5.65 Å². The van der Waals surface area contributed by atoms with Crippen LogP contribution in [0.3, 0.4) is 0 Å². The standard InChI is InChI=1S/C19H11F5N4O/c20-12-8-13(21)10-14(9-12)25-18-26-17-16(5-2-6-28(17)27-18)11-3-1-4-15(7-11)29-19(22,23)24/h1-10H,(H,25,27). The molecule has 0 aliphatic heterocycles. The van der Waals surface area contributed by atoms with Crippen LogP contribution >= 0.6 is 0 Å². The molecule has 0 radical (unpaired) electrons. The predicted octanol–water partition coefficient (Wildman–Crippen LogP) is 5.32. The first-order valence-electron chi connectivity index (χ1n) is 8.21. The molecule has 2 heterocycles. The number of rotatable bonds is 4. The quantitative estimate of drug-likeness (QED) is 0.467. The first-order chi connectivity index (χ1) is 13.8. The third-order valence-electron chi connectivity index (χ3n) is 3.86. The number of ether oxygens (including phenoxy) is 1. The monoisotopic (exact) mass is 406 g/mol. The molecule has 0 amide bonds. The lowest BCUT2D eigenvalue weighted by Crippen LogP contribution is -2.17. The molecule has 0 fully saturated rings. The van der Waals surface area contributed by atoms with E-state index in [0.29, 0.717) is 16.8 Å². The number of fused-ring (bicyclic) bond motifs is 1. The van der Waals surface area contributed by atoms with Gasteiger partial charge in [0.25, 0.3) is 0 Å². The largest absolute Gasteiger partial charge is 0.573 e. The maximum absolute atomic E-state index is 13.4. The van der Waals surface area contributed by atoms with Crippen LogP contribution in [0.5, 0.6) is 5.75 Å². The minimum absolute atomic E-state index is 0.0603. The van der Waals surface area contributed by atoms with Gasteiger partial charge in [-0.3, -0.25) is 0 Å². The molecule has 2 aromatic heterocycles. The molecule has 10 heteroatoms. The van der Waals surface area contributed by atoms with Crippen LogP contribution in [0.15, 0.2) is 60.8 Å². The minimum Gasteiger partial charge on any atom is -0.406 e. The summed E-state index contributed by atoms with van der Waals surface area (Å²) in [4.78, 5) is 4.28. The fourth-order valence-electron chi connectivity index (χ4n) is 2.80. The van der Waals surface area contributed by atoms with Crippen LogP contribution in [0.2, 0.25) is 0 Å². The van der Waals surface area contributed by atoms with Gasteiger partial charge in [0.2, 0.25) is 5.95 Å². The number of nitrogens with one attached hydrogen (secondary N) is 1. The first kappa shape index (κ1) is 18.7. The van der Waals surface area contributed by atoms with Gasteiger partial charge in [0, 0.05) is 23.5 Å². The van der Waals surface area contributed by atoms with E-state index in [-0.39, 0.29) is 17.4 Å². The molecule has 5 nitrogen and oxygen atoms in total. The molecule has 1 N–H and O–H groups in total. The average molecular weight is 406 g/mol. The third-order valence-corrected chi connectivity index (χ3v) is 3.86. The number of hydrogen-bond donors (Lipinski definition) is 1. The number of anilines is 2. The Morgan fingerprint density at radius 2 is 1.69 bits per heavy atom. The Labute approximate surface area is 160 Å². The number of hydrogen-bond acceptors (Lipinski definition) is 4. The van der Waals surface area contributed by atoms with E-state index in [9.17, 15) is 22.0 Å². The van der Waals surface area contributed by atoms with Crippen LogP contribution < -0.4 is 10.1 Å². The lowest BCUT2D eigenvalue weighted by atomic mass is 10.1. The molecular formula is C19H11F5N4O. The molecule has 0 saturated heterocycles. The third kappa shape index (κ3) is 4.26. The number of alkyl halides is 3. The number of pyridine rings is 1. The average Bonchev–Trinajstić information content (AvgIpc) is 3.01. The summed E-state index contributed by atoms with van der Waals surface area (Å²) in [5, 5.41) is 6.87. The van der Waals surface area contributed by atoms with E-state index in [0.717, 1.165) is 18.2 Å². The van der Waals surface area contributed by atoms with Crippen molar-refractivity contribution in [2.75, 3.05) is 5.32 Å². The van der Waals surface area contributed by atoms with Crippen LogP contribution in [-0.4, -0.2) is 21.0 Å². The van der Waals surface area contributed by atoms with Crippen molar-refractivity contribution in [3.63, 3.8) is 0 Å². The van der Waals surface area contributed by atoms with Gasteiger partial charge in [-0.1, -0.05) is 12.1 Å². The maximum atomic E-state index is 13.4. The van der Waals surface area contributed by atoms with Crippen LogP contribution in [0, 0.1) is 11.6 Å². The van der Waals surface area contributed by atoms with Crippen molar-refractivity contribution < 1.29 is 26.7 Å². The smallest absolute Gasteiger partial charge is 0.406 e. The van der Waals surface area contributed by atoms with Gasteiger partial charge in [-0.05, 0) is 42.0 Å². The zero-order valence-corrected chi connectivity index (χ0v) is 14.4. The van der Waals surface area contributed by atoms with E-state index in [1.54, 1.807) is 24.4 Å². The van der Waals surface area contributed by atoms with Crippen molar-refractivity contribution in [1.29, 1.82) is 0 Å². The van der Waals surface area contributed by atoms with E-state index in [1.165, 1.54) is 22.7 Å². The Kier molecular flexibility index (Phi) is 4.53. The molecule has 0 aliphatic rings. The summed E-state index contributed by atoms with van der Waals surface area (Å²) >= 11 is 0. The zero-order chi connectivity index (χ0) is 20.6. The highest BCUT2D eigenvalue weighted by Gasteiger charge is 2.31. The SMILES string of the molecule is Fc1cc(F)cc(Nc2nc3c(-c4cccc(OC(F)(F)F)c4)cccn3n2)c1. The van der Waals surface area contributed by atoms with Gasteiger partial charge in [-0.2, -0.15) is 4.98 Å². The highest BCUT2D eigenvalue weighted by Crippen LogP contribution is 2.30. The van der Waals surface area contributed by atoms with Gasteiger partial charge in [0.05, 0.1) is 0 Å². The van der Waals surface area contributed by atoms with Crippen molar-refractivity contribution >= 4 is 17.3 Å². The molecule has 29 heavy (non-hydrogen) atoms. The van der Waals surface area contributed by atoms with Crippen molar-refractivity contribution in [3.8, 4) is 16.9 Å². The molecule has 0 aliphatic carbocycles. The predicted molar refractivity (Wildman–Crippen MR) is 94.7 cm³/mol. The first-order valence-corrected chi connectivity index (χ1v) is 8.21. The summed E-state index contributed by atoms with van der Waals surface area (Å²) < 4.78 is 69.5. The number of nitrogens with zero attached hydrogens (tertiary/aromatic N) is 3. The van der Waals surface area contributed by atoms with Gasteiger partial charge in [-0.25, -0.2) is 13.3 Å². The Morgan fingerprint density at radius 3 is 2.41 bits per heavy atom. The molecule has 2 aromatic carbocycles. The lowest BCUT2D eigenvalue weighted by molar-refractivity contribution is -0.274. The molecule has 148 valence electrons. The number of aromatic nitrogens is 3. The zero-order valence-electron chi connectivity index (χ0n) is 14.4. The van der Waals surface area contributed by atoms with E-state index in [1.807, 2.05) is 0 Å². The number of halogens is 5. The minimum atomic E-state index is -4.81. The Hall–Kier alpha value is -3.69. The van der Waals surface area contributed by atoms with Gasteiger partial charge >= 0.3 is 6.36 Å². The van der Waals surface area contributed by atoms with Crippen molar-refractivity contribution in [3.05, 3.63) is 72.4 Å². The highest BCUT2D eigenvalue weighted by atomic mass is 19.4. The summed E-state index contributed by atoms with van der Waals surface area (Å²) in [7, 11) is 0. The lowest BCUT2D eigenvalue weighted by Gasteiger charge is -2.10. The molecule has 0 atom stereocenters. The summed E-state index contributed by atoms with van der Waals surface area (Å²) in [5.41, 5.74) is 1.36. The topological polar surface area (TPSA) is 51.5 Å². The second kappa shape index (κ2) is 7.04. The van der Waals surface area contributed by atoms with Crippen molar-refractivity contribution in [2.24, 2.45) is 0 Å². The maximum Gasteiger partial charge on any atom is 0.573 e. The Balaban J connectivity index is 1.71. The van der Waals surface area contributed by atoms with Crippen LogP contribution in [0.1, 0.15) is 0 Å². The molecule has 0 unspecified atom stereocenters. The summed E-state index contributed by atoms with van der Waals surface area (Å²) in [5.74, 6) is -1.84. The summed E-state index contributed by atoms with van der Waals surface area (Å²) in [6, 6.07) is 11.6. The van der Waals surface area contributed by atoms with Gasteiger partial charge < -0.3 is 10.1 Å². The second-order valence-corrected chi connectivity index (χ2v) is 5.98. The van der Waals surface area contributed by atoms with Crippen molar-refractivity contribution in [1.82, 2.24) is 14.6 Å². The van der Waals surface area contributed by atoms with E-state index in [4.69, 9.17) is 0 Å². The van der Waals surface area contributed by atoms with Gasteiger partial charge in [-0.15, -0.1) is 18.3 Å². The van der Waals surface area contributed by atoms with Crippen LogP contribution in [0.4, 0.5) is 33.6 Å². The molecule has 0 spiro atoms. The van der Waals surface area contributed by atoms with E-state index in [2.05, 4.69) is 20.1 Å². The van der Waals surface area contributed by atoms with Crippen LogP contribution in [0.25, 0.3) is 16.8 Å². The fraction of sp³-hybridized carbons (Fsp3) is 0.0526. The number of benzene rings is 2. The molecule has 4 rings (SSSR count). The molecular weight excluding hydrogens is 395 g/mol. The van der Waals surface area contributed by atoms with Crippen LogP contribution in [-0.2, 0) is 0 Å². The van der Waals surface area contributed by atoms with Crippen molar-refractivity contribution in [2.45, 2.75) is 6.36 Å². The highest BCUT2D eigenvalue weighted by molar-refractivity contribution is 5.78. The molecule has 4 aromatic rings. The molecule has 0 bridgehead atoms. The normalized spacial score (nSPS) is 11.6. The summed E-state index contributed by atoms with van der Waals surface area (Å²) in [6.07, 6.45) is -3.23. The Morgan fingerprint density at radius 1 is 0.931 bits per heavy atom. The van der Waals surface area contributed by atoms with E-state index >= 15 is 0 Å². The molecule has 0 saturated carbocycles. The second-order valence-electron chi connectivity index (χ2n) is 5.98. The fourth-order valence-corrected chi connectivity index (χ4v) is 2.80. The Bertz CT molecular complexity index is 1170. The van der Waals surface area contributed by atoms with Gasteiger partial charge in [0.1, 0.15) is 17.4 Å².